The average Bonchev–Trinajstić information content (AvgIpc) is 2.78. The minimum absolute atomic E-state index is 0.0812. The van der Waals surface area contributed by atoms with Gasteiger partial charge in [-0.15, -0.1) is 0 Å². The van der Waals surface area contributed by atoms with Gasteiger partial charge in [-0.05, 0) is 36.8 Å². The lowest BCUT2D eigenvalue weighted by atomic mass is 10.1. The smallest absolute Gasteiger partial charge is 0.251 e. The maximum Gasteiger partial charge on any atom is 0.251 e. The van der Waals surface area contributed by atoms with E-state index in [1.54, 1.807) is 12.3 Å². The fourth-order valence-corrected chi connectivity index (χ4v) is 3.54. The minimum atomic E-state index is -0.0812. The van der Waals surface area contributed by atoms with Gasteiger partial charge in [0.1, 0.15) is 11.6 Å². The second kappa shape index (κ2) is 8.73. The van der Waals surface area contributed by atoms with E-state index >= 15 is 0 Å². The van der Waals surface area contributed by atoms with Crippen molar-refractivity contribution >= 4 is 17.5 Å². The Morgan fingerprint density at radius 2 is 1.66 bits per heavy atom. The van der Waals surface area contributed by atoms with E-state index in [4.69, 9.17) is 0 Å². The van der Waals surface area contributed by atoms with Crippen molar-refractivity contribution in [1.29, 1.82) is 0 Å². The van der Waals surface area contributed by atoms with Gasteiger partial charge in [0, 0.05) is 50.7 Å². The maximum absolute atomic E-state index is 12.6. The van der Waals surface area contributed by atoms with Gasteiger partial charge in [-0.2, -0.15) is 0 Å². The third kappa shape index (κ3) is 4.71. The number of carbonyl (C=O) groups is 1. The van der Waals surface area contributed by atoms with Crippen molar-refractivity contribution in [3.8, 4) is 0 Å². The molecule has 3 aromatic rings. The molecule has 3 heterocycles. The van der Waals surface area contributed by atoms with Crippen molar-refractivity contribution in [2.24, 2.45) is 0 Å². The van der Waals surface area contributed by atoms with Crippen molar-refractivity contribution < 1.29 is 4.79 Å². The standard InChI is InChI=1S/C23H25N5O/c1-18-5-4-6-19(15-18)17-26-23(29)20-8-10-25-22(16-20)28-13-11-27(12-14-28)21-7-2-3-9-24-21/h2-10,15-16H,11-14,17H2,1H3,(H,26,29). The Kier molecular flexibility index (Phi) is 5.70. The van der Waals surface area contributed by atoms with Gasteiger partial charge >= 0.3 is 0 Å². The van der Waals surface area contributed by atoms with E-state index in [0.29, 0.717) is 12.1 Å². The third-order valence-electron chi connectivity index (χ3n) is 5.12. The van der Waals surface area contributed by atoms with Crippen LogP contribution >= 0.6 is 0 Å². The molecule has 0 spiro atoms. The van der Waals surface area contributed by atoms with Crippen LogP contribution in [-0.2, 0) is 6.54 Å². The van der Waals surface area contributed by atoms with Crippen molar-refractivity contribution in [1.82, 2.24) is 15.3 Å². The van der Waals surface area contributed by atoms with Crippen molar-refractivity contribution in [3.05, 3.63) is 83.7 Å². The molecule has 6 heteroatoms. The zero-order valence-electron chi connectivity index (χ0n) is 16.6. The molecule has 1 fully saturated rings. The summed E-state index contributed by atoms with van der Waals surface area (Å²) in [5.41, 5.74) is 2.92. The van der Waals surface area contributed by atoms with Crippen molar-refractivity contribution in [2.45, 2.75) is 13.5 Å². The number of amides is 1. The van der Waals surface area contributed by atoms with Crippen LogP contribution in [0.25, 0.3) is 0 Å². The summed E-state index contributed by atoms with van der Waals surface area (Å²) in [4.78, 5) is 26.0. The number of anilines is 2. The number of benzene rings is 1. The molecule has 0 unspecified atom stereocenters. The highest BCUT2D eigenvalue weighted by atomic mass is 16.1. The Morgan fingerprint density at radius 1 is 0.897 bits per heavy atom. The van der Waals surface area contributed by atoms with Gasteiger partial charge < -0.3 is 15.1 Å². The predicted molar refractivity (Wildman–Crippen MR) is 115 cm³/mol. The lowest BCUT2D eigenvalue weighted by Gasteiger charge is -2.36. The summed E-state index contributed by atoms with van der Waals surface area (Å²) >= 11 is 0. The molecule has 1 saturated heterocycles. The monoisotopic (exact) mass is 387 g/mol. The predicted octanol–water partition coefficient (Wildman–Crippen LogP) is 3.04. The Balaban J connectivity index is 1.37. The fourth-order valence-electron chi connectivity index (χ4n) is 3.54. The van der Waals surface area contributed by atoms with Gasteiger partial charge in [-0.1, -0.05) is 35.9 Å². The van der Waals surface area contributed by atoms with E-state index in [-0.39, 0.29) is 5.91 Å². The summed E-state index contributed by atoms with van der Waals surface area (Å²) in [7, 11) is 0. The van der Waals surface area contributed by atoms with Gasteiger partial charge in [-0.3, -0.25) is 4.79 Å². The van der Waals surface area contributed by atoms with Gasteiger partial charge in [0.25, 0.3) is 5.91 Å². The summed E-state index contributed by atoms with van der Waals surface area (Å²) in [6.45, 7) is 6.01. The van der Waals surface area contributed by atoms with Gasteiger partial charge in [0.15, 0.2) is 0 Å². The van der Waals surface area contributed by atoms with Gasteiger partial charge in [-0.25, -0.2) is 9.97 Å². The lowest BCUT2D eigenvalue weighted by molar-refractivity contribution is 0.0951. The molecule has 0 aliphatic carbocycles. The Labute approximate surface area is 171 Å². The number of pyridine rings is 2. The molecule has 1 amide bonds. The minimum Gasteiger partial charge on any atom is -0.353 e. The summed E-state index contributed by atoms with van der Waals surface area (Å²) in [5.74, 6) is 1.76. The van der Waals surface area contributed by atoms with Gasteiger partial charge in [0.05, 0.1) is 0 Å². The third-order valence-corrected chi connectivity index (χ3v) is 5.12. The van der Waals surface area contributed by atoms with E-state index in [2.05, 4.69) is 31.2 Å². The number of aromatic nitrogens is 2. The molecule has 148 valence electrons. The van der Waals surface area contributed by atoms with E-state index < -0.39 is 0 Å². The number of hydrogen-bond donors (Lipinski definition) is 1. The first-order chi connectivity index (χ1) is 14.2. The molecule has 1 aliphatic heterocycles. The van der Waals surface area contributed by atoms with Crippen LogP contribution in [0.4, 0.5) is 11.6 Å². The molecule has 0 radical (unpaired) electrons. The second-order valence-corrected chi connectivity index (χ2v) is 7.24. The highest BCUT2D eigenvalue weighted by Gasteiger charge is 2.19. The first-order valence-electron chi connectivity index (χ1n) is 9.90. The summed E-state index contributed by atoms with van der Waals surface area (Å²) in [5, 5.41) is 3.00. The van der Waals surface area contributed by atoms with E-state index in [1.807, 2.05) is 55.6 Å². The molecular weight excluding hydrogens is 362 g/mol. The van der Waals surface area contributed by atoms with Crippen molar-refractivity contribution in [2.75, 3.05) is 36.0 Å². The lowest BCUT2D eigenvalue weighted by Crippen LogP contribution is -2.47. The molecule has 29 heavy (non-hydrogen) atoms. The van der Waals surface area contributed by atoms with Crippen LogP contribution in [0.1, 0.15) is 21.5 Å². The molecule has 6 nitrogen and oxygen atoms in total. The quantitative estimate of drug-likeness (QED) is 0.729. The zero-order chi connectivity index (χ0) is 20.1. The Morgan fingerprint density at radius 3 is 2.38 bits per heavy atom. The SMILES string of the molecule is Cc1cccc(CNC(=O)c2ccnc(N3CCN(c4ccccn4)CC3)c2)c1. The molecule has 2 aromatic heterocycles. The molecule has 1 N–H and O–H groups in total. The largest absolute Gasteiger partial charge is 0.353 e. The zero-order valence-corrected chi connectivity index (χ0v) is 16.6. The van der Waals surface area contributed by atoms with E-state index in [9.17, 15) is 4.79 Å². The number of nitrogens with one attached hydrogen (secondary N) is 1. The molecule has 0 saturated carbocycles. The van der Waals surface area contributed by atoms with Crippen LogP contribution in [-0.4, -0.2) is 42.1 Å². The Hall–Kier alpha value is -3.41. The highest BCUT2D eigenvalue weighted by Crippen LogP contribution is 2.18. The van der Waals surface area contributed by atoms with E-state index in [1.165, 1.54) is 5.56 Å². The first-order valence-corrected chi connectivity index (χ1v) is 9.90. The van der Waals surface area contributed by atoms with Crippen LogP contribution < -0.4 is 15.1 Å². The number of hydrogen-bond acceptors (Lipinski definition) is 5. The van der Waals surface area contributed by atoms with Crippen LogP contribution in [0.3, 0.4) is 0 Å². The normalized spacial score (nSPS) is 14.0. The highest BCUT2D eigenvalue weighted by molar-refractivity contribution is 5.94. The van der Waals surface area contributed by atoms with Crippen molar-refractivity contribution in [3.63, 3.8) is 0 Å². The molecular formula is C23H25N5O. The number of aryl methyl sites for hydroxylation is 1. The second-order valence-electron chi connectivity index (χ2n) is 7.24. The molecule has 1 aromatic carbocycles. The number of nitrogens with zero attached hydrogens (tertiary/aromatic N) is 4. The van der Waals surface area contributed by atoms with E-state index in [0.717, 1.165) is 43.4 Å². The summed E-state index contributed by atoms with van der Waals surface area (Å²) in [6.07, 6.45) is 3.53. The average molecular weight is 387 g/mol. The van der Waals surface area contributed by atoms with Crippen LogP contribution in [0, 0.1) is 6.92 Å². The van der Waals surface area contributed by atoms with Gasteiger partial charge in [0.2, 0.25) is 0 Å². The van der Waals surface area contributed by atoms with Crippen LogP contribution in [0.5, 0.6) is 0 Å². The summed E-state index contributed by atoms with van der Waals surface area (Å²) < 4.78 is 0. The van der Waals surface area contributed by atoms with Crippen LogP contribution in [0.2, 0.25) is 0 Å². The maximum atomic E-state index is 12.6. The van der Waals surface area contributed by atoms with Crippen LogP contribution in [0.15, 0.2) is 67.0 Å². The topological polar surface area (TPSA) is 61.4 Å². The number of piperazine rings is 1. The molecule has 0 bridgehead atoms. The summed E-state index contributed by atoms with van der Waals surface area (Å²) in [6, 6.07) is 17.8. The molecule has 1 aliphatic rings. The number of rotatable bonds is 5. The molecule has 4 rings (SSSR count). The first kappa shape index (κ1) is 18.9. The molecule has 0 atom stereocenters. The Bertz CT molecular complexity index is 968. The fraction of sp³-hybridized carbons (Fsp3) is 0.261. The number of carbonyl (C=O) groups excluding carboxylic acids is 1.